The van der Waals surface area contributed by atoms with Crippen LogP contribution < -0.4 is 4.90 Å². The Kier molecular flexibility index (Phi) is 3.60. The molecule has 1 amide bonds. The van der Waals surface area contributed by atoms with Crippen molar-refractivity contribution >= 4 is 11.7 Å². The number of carbonyl (C=O) groups is 1. The first-order valence-electron chi connectivity index (χ1n) is 6.95. The Hall–Kier alpha value is -2.37. The van der Waals surface area contributed by atoms with Crippen LogP contribution in [0.5, 0.6) is 0 Å². The van der Waals surface area contributed by atoms with Gasteiger partial charge in [-0.1, -0.05) is 0 Å². The van der Waals surface area contributed by atoms with Gasteiger partial charge < -0.3 is 14.8 Å². The van der Waals surface area contributed by atoms with Crippen LogP contribution in [0.2, 0.25) is 0 Å². The average molecular weight is 288 g/mol. The zero-order chi connectivity index (χ0) is 14.8. The van der Waals surface area contributed by atoms with E-state index in [-0.39, 0.29) is 17.8 Å². The molecular weight excluding hydrogens is 271 g/mol. The van der Waals surface area contributed by atoms with Crippen LogP contribution in [0.1, 0.15) is 17.3 Å². The Morgan fingerprint density at radius 2 is 2.24 bits per heavy atom. The maximum atomic E-state index is 12.9. The first kappa shape index (κ1) is 13.6. The molecule has 2 aromatic rings. The van der Waals surface area contributed by atoms with E-state index < -0.39 is 0 Å². The van der Waals surface area contributed by atoms with Gasteiger partial charge in [-0.05, 0) is 25.1 Å². The van der Waals surface area contributed by atoms with Crippen LogP contribution in [0.15, 0.2) is 36.8 Å². The lowest BCUT2D eigenvalue weighted by molar-refractivity contribution is 0.0726. The molecule has 1 N–H and O–H groups in total. The summed E-state index contributed by atoms with van der Waals surface area (Å²) in [6.45, 7) is 3.99. The summed E-state index contributed by atoms with van der Waals surface area (Å²) in [6, 6.07) is 5.00. The Balaban J connectivity index is 1.69. The van der Waals surface area contributed by atoms with E-state index in [1.807, 2.05) is 11.8 Å². The second kappa shape index (κ2) is 5.55. The number of rotatable bonds is 2. The number of H-pyrrole nitrogens is 1. The number of hydrogen-bond donors (Lipinski definition) is 1. The standard InChI is InChI=1S/C15H17FN4O/c1-11-10-19(15(21)12-4-5-17-8-12)6-7-20(11)14-3-2-13(16)9-18-14/h2-5,8-9,11,17H,6-7,10H2,1H3. The minimum absolute atomic E-state index is 0.0369. The number of carbonyl (C=O) groups excluding carboxylic acids is 1. The Bertz CT molecular complexity index is 611. The first-order valence-corrected chi connectivity index (χ1v) is 6.95. The predicted molar refractivity (Wildman–Crippen MR) is 77.7 cm³/mol. The Morgan fingerprint density at radius 1 is 1.38 bits per heavy atom. The summed E-state index contributed by atoms with van der Waals surface area (Å²) >= 11 is 0. The van der Waals surface area contributed by atoms with Crippen LogP contribution in [-0.4, -0.2) is 46.5 Å². The quantitative estimate of drug-likeness (QED) is 0.918. The molecule has 0 spiro atoms. The lowest BCUT2D eigenvalue weighted by Crippen LogP contribution is -2.54. The molecule has 0 radical (unpaired) electrons. The highest BCUT2D eigenvalue weighted by atomic mass is 19.1. The number of piperazine rings is 1. The third-order valence-corrected chi connectivity index (χ3v) is 3.77. The van der Waals surface area contributed by atoms with Crippen molar-refractivity contribution in [1.82, 2.24) is 14.9 Å². The molecular formula is C15H17FN4O. The normalized spacial score (nSPS) is 18.9. The van der Waals surface area contributed by atoms with Crippen molar-refractivity contribution in [3.63, 3.8) is 0 Å². The second-order valence-corrected chi connectivity index (χ2v) is 5.23. The molecule has 1 atom stereocenters. The van der Waals surface area contributed by atoms with Gasteiger partial charge in [-0.25, -0.2) is 9.37 Å². The van der Waals surface area contributed by atoms with Crippen LogP contribution in [0, 0.1) is 5.82 Å². The zero-order valence-corrected chi connectivity index (χ0v) is 11.8. The van der Waals surface area contributed by atoms with Crippen LogP contribution in [-0.2, 0) is 0 Å². The number of hydrogen-bond acceptors (Lipinski definition) is 3. The summed E-state index contributed by atoms with van der Waals surface area (Å²) in [5.41, 5.74) is 0.676. The molecule has 1 fully saturated rings. The summed E-state index contributed by atoms with van der Waals surface area (Å²) in [7, 11) is 0. The highest BCUT2D eigenvalue weighted by molar-refractivity contribution is 5.94. The maximum Gasteiger partial charge on any atom is 0.255 e. The van der Waals surface area contributed by atoms with Crippen molar-refractivity contribution in [2.24, 2.45) is 0 Å². The number of halogens is 1. The number of anilines is 1. The molecule has 3 heterocycles. The van der Waals surface area contributed by atoms with Crippen molar-refractivity contribution < 1.29 is 9.18 Å². The van der Waals surface area contributed by atoms with E-state index in [4.69, 9.17) is 0 Å². The van der Waals surface area contributed by atoms with Crippen molar-refractivity contribution in [1.29, 1.82) is 0 Å². The second-order valence-electron chi connectivity index (χ2n) is 5.23. The van der Waals surface area contributed by atoms with Crippen molar-refractivity contribution in [2.75, 3.05) is 24.5 Å². The van der Waals surface area contributed by atoms with Gasteiger partial charge in [-0.15, -0.1) is 0 Å². The van der Waals surface area contributed by atoms with E-state index >= 15 is 0 Å². The van der Waals surface area contributed by atoms with E-state index in [9.17, 15) is 9.18 Å². The number of nitrogens with one attached hydrogen (secondary N) is 1. The minimum Gasteiger partial charge on any atom is -0.367 e. The van der Waals surface area contributed by atoms with Gasteiger partial charge in [0, 0.05) is 38.1 Å². The summed E-state index contributed by atoms with van der Waals surface area (Å²) in [4.78, 5) is 23.3. The van der Waals surface area contributed by atoms with E-state index in [1.165, 1.54) is 12.3 Å². The maximum absolute atomic E-state index is 12.9. The SMILES string of the molecule is CC1CN(C(=O)c2cc[nH]c2)CCN1c1ccc(F)cn1. The minimum atomic E-state index is -0.340. The molecule has 6 heteroatoms. The van der Waals surface area contributed by atoms with Crippen LogP contribution in [0.25, 0.3) is 0 Å². The fourth-order valence-corrected chi connectivity index (χ4v) is 2.66. The van der Waals surface area contributed by atoms with Gasteiger partial charge in [0.25, 0.3) is 5.91 Å². The van der Waals surface area contributed by atoms with Gasteiger partial charge in [-0.3, -0.25) is 4.79 Å². The van der Waals surface area contributed by atoms with Gasteiger partial charge >= 0.3 is 0 Å². The predicted octanol–water partition coefficient (Wildman–Crippen LogP) is 1.90. The van der Waals surface area contributed by atoms with Gasteiger partial charge in [0.15, 0.2) is 0 Å². The topological polar surface area (TPSA) is 52.2 Å². The molecule has 110 valence electrons. The molecule has 1 aliphatic heterocycles. The number of aromatic amines is 1. The lowest BCUT2D eigenvalue weighted by atomic mass is 10.1. The van der Waals surface area contributed by atoms with Crippen molar-refractivity contribution in [3.05, 3.63) is 48.2 Å². The number of nitrogens with zero attached hydrogens (tertiary/aromatic N) is 3. The highest BCUT2D eigenvalue weighted by Gasteiger charge is 2.28. The van der Waals surface area contributed by atoms with Gasteiger partial charge in [0.1, 0.15) is 11.6 Å². The molecule has 1 saturated heterocycles. The summed E-state index contributed by atoms with van der Waals surface area (Å²) in [5, 5.41) is 0. The van der Waals surface area contributed by atoms with Crippen LogP contribution >= 0.6 is 0 Å². The van der Waals surface area contributed by atoms with E-state index in [0.717, 1.165) is 5.82 Å². The number of pyridine rings is 1. The highest BCUT2D eigenvalue weighted by Crippen LogP contribution is 2.19. The van der Waals surface area contributed by atoms with Crippen molar-refractivity contribution in [2.45, 2.75) is 13.0 Å². The average Bonchev–Trinajstić information content (AvgIpc) is 3.02. The molecule has 0 aromatic carbocycles. The van der Waals surface area contributed by atoms with Gasteiger partial charge in [-0.2, -0.15) is 0 Å². The van der Waals surface area contributed by atoms with Crippen LogP contribution in [0.3, 0.4) is 0 Å². The number of amides is 1. The molecule has 0 bridgehead atoms. The Morgan fingerprint density at radius 3 is 2.86 bits per heavy atom. The Labute approximate surface area is 122 Å². The summed E-state index contributed by atoms with van der Waals surface area (Å²) in [6.07, 6.45) is 4.68. The van der Waals surface area contributed by atoms with Crippen molar-refractivity contribution in [3.8, 4) is 0 Å². The molecule has 1 unspecified atom stereocenters. The fourth-order valence-electron chi connectivity index (χ4n) is 2.66. The van der Waals surface area contributed by atoms with Gasteiger partial charge in [0.05, 0.1) is 11.8 Å². The monoisotopic (exact) mass is 288 g/mol. The third kappa shape index (κ3) is 2.74. The smallest absolute Gasteiger partial charge is 0.255 e. The van der Waals surface area contributed by atoms with E-state index in [1.54, 1.807) is 24.5 Å². The fraction of sp³-hybridized carbons (Fsp3) is 0.333. The number of aromatic nitrogens is 2. The largest absolute Gasteiger partial charge is 0.367 e. The first-order chi connectivity index (χ1) is 10.1. The van der Waals surface area contributed by atoms with Crippen LogP contribution in [0.4, 0.5) is 10.2 Å². The van der Waals surface area contributed by atoms with E-state index in [2.05, 4.69) is 14.9 Å². The third-order valence-electron chi connectivity index (χ3n) is 3.77. The van der Waals surface area contributed by atoms with E-state index in [0.29, 0.717) is 25.2 Å². The summed E-state index contributed by atoms with van der Waals surface area (Å²) < 4.78 is 12.9. The molecule has 0 saturated carbocycles. The molecule has 5 nitrogen and oxygen atoms in total. The molecule has 3 rings (SSSR count). The van der Waals surface area contributed by atoms with Gasteiger partial charge in [0.2, 0.25) is 0 Å². The zero-order valence-electron chi connectivity index (χ0n) is 11.8. The summed E-state index contributed by atoms with van der Waals surface area (Å²) in [5.74, 6) is 0.445. The lowest BCUT2D eigenvalue weighted by Gasteiger charge is -2.40. The molecule has 21 heavy (non-hydrogen) atoms. The molecule has 1 aliphatic rings. The molecule has 0 aliphatic carbocycles. The molecule has 2 aromatic heterocycles.